The molecule has 0 spiro atoms. The van der Waals surface area contributed by atoms with Gasteiger partial charge in [-0.3, -0.25) is 4.79 Å². The van der Waals surface area contributed by atoms with Gasteiger partial charge in [0.1, 0.15) is 6.29 Å². The summed E-state index contributed by atoms with van der Waals surface area (Å²) in [4.78, 5) is 21.5. The van der Waals surface area contributed by atoms with Gasteiger partial charge in [0.25, 0.3) is 5.56 Å². The van der Waals surface area contributed by atoms with Crippen LogP contribution in [0.1, 0.15) is 12.0 Å². The summed E-state index contributed by atoms with van der Waals surface area (Å²) < 4.78 is 0. The molecule has 0 aliphatic rings. The van der Waals surface area contributed by atoms with Crippen molar-refractivity contribution in [2.24, 2.45) is 0 Å². The Morgan fingerprint density at radius 1 is 1.38 bits per heavy atom. The third kappa shape index (κ3) is 2.06. The molecule has 0 aliphatic heterocycles. The summed E-state index contributed by atoms with van der Waals surface area (Å²) in [5.41, 5.74) is 0.752. The van der Waals surface area contributed by atoms with Crippen LogP contribution in [0.5, 0.6) is 0 Å². The van der Waals surface area contributed by atoms with E-state index in [0.29, 0.717) is 11.8 Å². The van der Waals surface area contributed by atoms with E-state index in [1.165, 1.54) is 0 Å². The number of hydrogen-bond acceptors (Lipinski definition) is 3. The molecule has 0 bridgehead atoms. The predicted octanol–water partition coefficient (Wildman–Crippen LogP) is 1.53. The lowest BCUT2D eigenvalue weighted by atomic mass is 10.1. The van der Waals surface area contributed by atoms with Crippen molar-refractivity contribution in [3.8, 4) is 0 Å². The number of H-pyrrole nitrogens is 1. The first-order valence-electron chi connectivity index (χ1n) is 4.89. The Hall–Kier alpha value is -2.23. The van der Waals surface area contributed by atoms with Crippen molar-refractivity contribution in [2.75, 3.05) is 0 Å². The number of aldehydes is 1. The normalized spacial score (nSPS) is 11.0. The average Bonchev–Trinajstić information content (AvgIpc) is 2.30. The first kappa shape index (κ1) is 10.3. The van der Waals surface area contributed by atoms with E-state index in [1.807, 2.05) is 18.2 Å². The summed E-state index contributed by atoms with van der Waals surface area (Å²) in [7, 11) is 0. The van der Waals surface area contributed by atoms with Crippen molar-refractivity contribution in [3.05, 3.63) is 46.4 Å². The highest BCUT2D eigenvalue weighted by Gasteiger charge is 1.98. The van der Waals surface area contributed by atoms with E-state index in [2.05, 4.69) is 10.2 Å². The van der Waals surface area contributed by atoms with Crippen molar-refractivity contribution in [2.45, 2.75) is 6.42 Å². The van der Waals surface area contributed by atoms with Crippen LogP contribution in [-0.4, -0.2) is 16.5 Å². The van der Waals surface area contributed by atoms with E-state index in [-0.39, 0.29) is 5.56 Å². The molecule has 4 heteroatoms. The first-order chi connectivity index (χ1) is 7.81. The molecule has 80 valence electrons. The number of carbonyl (C=O) groups excluding carboxylic acids is 1. The molecular weight excluding hydrogens is 204 g/mol. The molecule has 0 saturated heterocycles. The molecule has 1 N–H and O–H groups in total. The molecule has 1 aromatic heterocycles. The van der Waals surface area contributed by atoms with Crippen molar-refractivity contribution in [3.63, 3.8) is 0 Å². The summed E-state index contributed by atoms with van der Waals surface area (Å²) >= 11 is 0. The van der Waals surface area contributed by atoms with Crippen molar-refractivity contribution < 1.29 is 4.79 Å². The Labute approximate surface area is 91.6 Å². The van der Waals surface area contributed by atoms with Gasteiger partial charge in [0.05, 0.1) is 11.6 Å². The minimum absolute atomic E-state index is 0.194. The molecule has 0 aliphatic carbocycles. The molecule has 2 rings (SSSR count). The Kier molecular flexibility index (Phi) is 2.91. The van der Waals surface area contributed by atoms with Crippen LogP contribution in [0.3, 0.4) is 0 Å². The zero-order valence-corrected chi connectivity index (χ0v) is 8.51. The number of rotatable bonds is 3. The highest BCUT2D eigenvalue weighted by Crippen LogP contribution is 2.12. The molecule has 0 saturated carbocycles. The fraction of sp³-hybridized carbons (Fsp3) is 0.0833. The topological polar surface area (TPSA) is 62.8 Å². The number of benzene rings is 1. The average molecular weight is 214 g/mol. The SMILES string of the molecule is O=CCC=Cc1ccc2c(=O)[nH]ncc2c1. The number of aromatic nitrogens is 2. The third-order valence-electron chi connectivity index (χ3n) is 2.23. The minimum Gasteiger partial charge on any atom is -0.303 e. The Balaban J connectivity index is 2.45. The molecule has 1 aromatic carbocycles. The van der Waals surface area contributed by atoms with Gasteiger partial charge in [-0.25, -0.2) is 5.10 Å². The van der Waals surface area contributed by atoms with E-state index in [1.54, 1.807) is 18.3 Å². The fourth-order valence-corrected chi connectivity index (χ4v) is 1.48. The maximum Gasteiger partial charge on any atom is 0.272 e. The highest BCUT2D eigenvalue weighted by atomic mass is 16.1. The number of nitrogens with zero attached hydrogens (tertiary/aromatic N) is 1. The van der Waals surface area contributed by atoms with E-state index in [4.69, 9.17) is 0 Å². The lowest BCUT2D eigenvalue weighted by Gasteiger charge is -1.97. The van der Waals surface area contributed by atoms with Gasteiger partial charge in [0.2, 0.25) is 0 Å². The van der Waals surface area contributed by atoms with Crippen LogP contribution in [0.2, 0.25) is 0 Å². The van der Waals surface area contributed by atoms with Crippen LogP contribution in [0, 0.1) is 0 Å². The second-order valence-electron chi connectivity index (χ2n) is 3.35. The molecule has 1 heterocycles. The number of fused-ring (bicyclic) bond motifs is 1. The van der Waals surface area contributed by atoms with Crippen molar-refractivity contribution in [1.29, 1.82) is 0 Å². The van der Waals surface area contributed by atoms with Crippen LogP contribution in [0.15, 0.2) is 35.3 Å². The lowest BCUT2D eigenvalue weighted by Crippen LogP contribution is -2.06. The number of carbonyl (C=O) groups is 1. The number of allylic oxidation sites excluding steroid dienone is 1. The van der Waals surface area contributed by atoms with Crippen LogP contribution in [0.25, 0.3) is 16.8 Å². The third-order valence-corrected chi connectivity index (χ3v) is 2.23. The highest BCUT2D eigenvalue weighted by molar-refractivity contribution is 5.83. The van der Waals surface area contributed by atoms with E-state index >= 15 is 0 Å². The van der Waals surface area contributed by atoms with Crippen LogP contribution in [0.4, 0.5) is 0 Å². The van der Waals surface area contributed by atoms with Gasteiger partial charge < -0.3 is 4.79 Å². The maximum absolute atomic E-state index is 11.4. The Morgan fingerprint density at radius 2 is 2.25 bits per heavy atom. The second-order valence-corrected chi connectivity index (χ2v) is 3.35. The maximum atomic E-state index is 11.4. The Bertz CT molecular complexity index is 599. The lowest BCUT2D eigenvalue weighted by molar-refractivity contribution is -0.107. The molecule has 0 atom stereocenters. The Morgan fingerprint density at radius 3 is 3.06 bits per heavy atom. The van der Waals surface area contributed by atoms with Gasteiger partial charge >= 0.3 is 0 Å². The van der Waals surface area contributed by atoms with Gasteiger partial charge in [0, 0.05) is 11.8 Å². The monoisotopic (exact) mass is 214 g/mol. The predicted molar refractivity (Wildman–Crippen MR) is 62.1 cm³/mol. The van der Waals surface area contributed by atoms with Gasteiger partial charge in [0.15, 0.2) is 0 Å². The van der Waals surface area contributed by atoms with E-state index < -0.39 is 0 Å². The van der Waals surface area contributed by atoms with Gasteiger partial charge in [-0.05, 0) is 17.7 Å². The molecule has 4 nitrogen and oxygen atoms in total. The zero-order chi connectivity index (χ0) is 11.4. The van der Waals surface area contributed by atoms with Crippen LogP contribution >= 0.6 is 0 Å². The quantitative estimate of drug-likeness (QED) is 0.788. The van der Waals surface area contributed by atoms with Gasteiger partial charge in [-0.1, -0.05) is 18.2 Å². The summed E-state index contributed by atoms with van der Waals surface area (Å²) in [5, 5.41) is 7.51. The van der Waals surface area contributed by atoms with Crippen molar-refractivity contribution >= 4 is 23.1 Å². The second kappa shape index (κ2) is 4.53. The summed E-state index contributed by atoms with van der Waals surface area (Å²) in [6, 6.07) is 5.44. The molecule has 0 fully saturated rings. The van der Waals surface area contributed by atoms with Crippen LogP contribution < -0.4 is 5.56 Å². The number of aromatic amines is 1. The minimum atomic E-state index is -0.194. The molecule has 0 radical (unpaired) electrons. The summed E-state index contributed by atoms with van der Waals surface area (Å²) in [6.07, 6.45) is 6.45. The molecule has 2 aromatic rings. The van der Waals surface area contributed by atoms with Gasteiger partial charge in [-0.15, -0.1) is 0 Å². The molecular formula is C12H10N2O2. The molecule has 16 heavy (non-hydrogen) atoms. The number of nitrogens with one attached hydrogen (secondary N) is 1. The largest absolute Gasteiger partial charge is 0.303 e. The first-order valence-corrected chi connectivity index (χ1v) is 4.89. The van der Waals surface area contributed by atoms with E-state index in [0.717, 1.165) is 17.2 Å². The fourth-order valence-electron chi connectivity index (χ4n) is 1.48. The van der Waals surface area contributed by atoms with E-state index in [9.17, 15) is 9.59 Å². The molecule has 0 amide bonds. The summed E-state index contributed by atoms with van der Waals surface area (Å²) in [6.45, 7) is 0. The number of hydrogen-bond donors (Lipinski definition) is 1. The molecule has 0 unspecified atom stereocenters. The van der Waals surface area contributed by atoms with Gasteiger partial charge in [-0.2, -0.15) is 5.10 Å². The smallest absolute Gasteiger partial charge is 0.272 e. The van der Waals surface area contributed by atoms with Crippen molar-refractivity contribution in [1.82, 2.24) is 10.2 Å². The zero-order valence-electron chi connectivity index (χ0n) is 8.51. The standard InChI is InChI=1S/C12H10N2O2/c15-6-2-1-3-9-4-5-11-10(7-9)8-13-14-12(11)16/h1,3-8H,2H2,(H,14,16). The van der Waals surface area contributed by atoms with Crippen LogP contribution in [-0.2, 0) is 4.79 Å². The summed E-state index contributed by atoms with van der Waals surface area (Å²) in [5.74, 6) is 0.